The molecule has 1 atom stereocenters. The second kappa shape index (κ2) is 5.79. The lowest BCUT2D eigenvalue weighted by Crippen LogP contribution is -2.47. The lowest BCUT2D eigenvalue weighted by molar-refractivity contribution is -0.133. The van der Waals surface area contributed by atoms with Gasteiger partial charge in [-0.25, -0.2) is 9.78 Å². The SMILES string of the molecule is CCOC(=O)c1csc(NC2CCC(=O)NC2=O)n1. The number of esters is 1. The Morgan fingerprint density at radius 3 is 3.11 bits per heavy atom. The van der Waals surface area contributed by atoms with Gasteiger partial charge in [0, 0.05) is 11.8 Å². The van der Waals surface area contributed by atoms with E-state index < -0.39 is 12.0 Å². The molecule has 1 aliphatic rings. The van der Waals surface area contributed by atoms with Gasteiger partial charge < -0.3 is 10.1 Å². The molecule has 2 heterocycles. The van der Waals surface area contributed by atoms with E-state index in [1.165, 1.54) is 11.3 Å². The fraction of sp³-hybridized carbons (Fsp3) is 0.455. The van der Waals surface area contributed by atoms with Gasteiger partial charge >= 0.3 is 5.97 Å². The van der Waals surface area contributed by atoms with Crippen molar-refractivity contribution in [3.8, 4) is 0 Å². The Bertz CT molecular complexity index is 514. The maximum Gasteiger partial charge on any atom is 0.357 e. The van der Waals surface area contributed by atoms with Gasteiger partial charge in [-0.1, -0.05) is 0 Å². The lowest BCUT2D eigenvalue weighted by atomic mass is 10.1. The normalized spacial score (nSPS) is 18.9. The molecule has 0 aromatic carbocycles. The van der Waals surface area contributed by atoms with Gasteiger partial charge in [-0.05, 0) is 13.3 Å². The summed E-state index contributed by atoms with van der Waals surface area (Å²) in [6.07, 6.45) is 0.707. The number of piperidine rings is 1. The van der Waals surface area contributed by atoms with Gasteiger partial charge in [-0.2, -0.15) is 0 Å². The van der Waals surface area contributed by atoms with Crippen molar-refractivity contribution in [2.75, 3.05) is 11.9 Å². The highest BCUT2D eigenvalue weighted by Crippen LogP contribution is 2.19. The third kappa shape index (κ3) is 3.28. The van der Waals surface area contributed by atoms with Crippen LogP contribution in [0.5, 0.6) is 0 Å². The van der Waals surface area contributed by atoms with E-state index in [0.717, 1.165) is 0 Å². The van der Waals surface area contributed by atoms with Crippen molar-refractivity contribution < 1.29 is 19.1 Å². The molecule has 1 unspecified atom stereocenters. The third-order valence-electron chi connectivity index (χ3n) is 2.53. The number of hydrogen-bond donors (Lipinski definition) is 2. The molecular weight excluding hydrogens is 270 g/mol. The molecule has 1 fully saturated rings. The molecule has 1 aromatic rings. The van der Waals surface area contributed by atoms with Crippen LogP contribution in [0.2, 0.25) is 0 Å². The van der Waals surface area contributed by atoms with Crippen molar-refractivity contribution in [2.45, 2.75) is 25.8 Å². The minimum absolute atomic E-state index is 0.210. The zero-order valence-electron chi connectivity index (χ0n) is 10.3. The molecule has 1 aromatic heterocycles. The van der Waals surface area contributed by atoms with Gasteiger partial charge in [0.25, 0.3) is 0 Å². The minimum atomic E-state index is -0.501. The van der Waals surface area contributed by atoms with Crippen LogP contribution in [0.15, 0.2) is 5.38 Å². The molecule has 8 heteroatoms. The Balaban J connectivity index is 1.98. The molecule has 2 amide bonds. The summed E-state index contributed by atoms with van der Waals surface area (Å²) in [6, 6.07) is -0.501. The number of imide groups is 1. The van der Waals surface area contributed by atoms with E-state index in [1.807, 2.05) is 0 Å². The molecule has 102 valence electrons. The van der Waals surface area contributed by atoms with Gasteiger partial charge in [-0.15, -0.1) is 11.3 Å². The van der Waals surface area contributed by atoms with Gasteiger partial charge in [0.1, 0.15) is 6.04 Å². The smallest absolute Gasteiger partial charge is 0.357 e. The summed E-state index contributed by atoms with van der Waals surface area (Å²) in [5.74, 6) is -1.13. The van der Waals surface area contributed by atoms with Crippen LogP contribution in [-0.4, -0.2) is 35.4 Å². The summed E-state index contributed by atoms with van der Waals surface area (Å²) in [6.45, 7) is 2.00. The van der Waals surface area contributed by atoms with Crippen LogP contribution in [0.3, 0.4) is 0 Å². The van der Waals surface area contributed by atoms with Crippen LogP contribution in [0.4, 0.5) is 5.13 Å². The van der Waals surface area contributed by atoms with E-state index >= 15 is 0 Å². The summed E-state index contributed by atoms with van der Waals surface area (Å²) in [7, 11) is 0. The highest BCUT2D eigenvalue weighted by Gasteiger charge is 2.27. The average Bonchev–Trinajstić information content (AvgIpc) is 2.82. The van der Waals surface area contributed by atoms with Crippen molar-refractivity contribution in [3.05, 3.63) is 11.1 Å². The van der Waals surface area contributed by atoms with Crippen LogP contribution in [0.1, 0.15) is 30.3 Å². The van der Waals surface area contributed by atoms with E-state index in [1.54, 1.807) is 12.3 Å². The summed E-state index contributed by atoms with van der Waals surface area (Å²) >= 11 is 1.21. The highest BCUT2D eigenvalue weighted by atomic mass is 32.1. The number of ether oxygens (including phenoxy) is 1. The summed E-state index contributed by atoms with van der Waals surface area (Å²) in [5.41, 5.74) is 0.210. The topological polar surface area (TPSA) is 97.4 Å². The number of carbonyl (C=O) groups is 3. The number of aromatic nitrogens is 1. The maximum atomic E-state index is 11.5. The van der Waals surface area contributed by atoms with Crippen molar-refractivity contribution in [2.24, 2.45) is 0 Å². The van der Waals surface area contributed by atoms with Crippen molar-refractivity contribution in [3.63, 3.8) is 0 Å². The fourth-order valence-corrected chi connectivity index (χ4v) is 2.35. The van der Waals surface area contributed by atoms with E-state index in [0.29, 0.717) is 18.0 Å². The Kier molecular flexibility index (Phi) is 4.10. The maximum absolute atomic E-state index is 11.5. The number of nitrogens with zero attached hydrogens (tertiary/aromatic N) is 1. The molecule has 0 radical (unpaired) electrons. The third-order valence-corrected chi connectivity index (χ3v) is 3.30. The Hall–Kier alpha value is -1.96. The largest absolute Gasteiger partial charge is 0.461 e. The molecule has 2 rings (SSSR count). The molecular formula is C11H13N3O4S. The lowest BCUT2D eigenvalue weighted by Gasteiger charge is -2.21. The molecule has 0 bridgehead atoms. The van der Waals surface area contributed by atoms with E-state index in [4.69, 9.17) is 4.74 Å². The number of rotatable bonds is 4. The molecule has 0 saturated carbocycles. The quantitative estimate of drug-likeness (QED) is 0.618. The second-order valence-corrected chi connectivity index (χ2v) is 4.76. The van der Waals surface area contributed by atoms with Crippen molar-refractivity contribution in [1.29, 1.82) is 0 Å². The summed E-state index contributed by atoms with van der Waals surface area (Å²) < 4.78 is 4.82. The van der Waals surface area contributed by atoms with Gasteiger partial charge in [-0.3, -0.25) is 14.9 Å². The predicted molar refractivity (Wildman–Crippen MR) is 67.9 cm³/mol. The van der Waals surface area contributed by atoms with Crippen LogP contribution >= 0.6 is 11.3 Å². The summed E-state index contributed by atoms with van der Waals surface area (Å²) in [4.78, 5) is 38.0. The van der Waals surface area contributed by atoms with Crippen molar-refractivity contribution in [1.82, 2.24) is 10.3 Å². The average molecular weight is 283 g/mol. The number of thiazole rings is 1. The number of anilines is 1. The van der Waals surface area contributed by atoms with Crippen LogP contribution in [0, 0.1) is 0 Å². The molecule has 1 saturated heterocycles. The monoisotopic (exact) mass is 283 g/mol. The highest BCUT2D eigenvalue weighted by molar-refractivity contribution is 7.13. The number of hydrogen-bond acceptors (Lipinski definition) is 7. The van der Waals surface area contributed by atoms with Crippen molar-refractivity contribution >= 4 is 34.3 Å². The number of nitrogens with one attached hydrogen (secondary N) is 2. The first kappa shape index (κ1) is 13.5. The standard InChI is InChI=1S/C11H13N3O4S/c1-2-18-10(17)7-5-19-11(13-7)12-6-3-4-8(15)14-9(6)16/h5-6H,2-4H2,1H3,(H,12,13)(H,14,15,16). The molecule has 1 aliphatic heterocycles. The molecule has 0 spiro atoms. The number of amides is 2. The van der Waals surface area contributed by atoms with Gasteiger partial charge in [0.2, 0.25) is 11.8 Å². The molecule has 0 aliphatic carbocycles. The Morgan fingerprint density at radius 1 is 1.63 bits per heavy atom. The van der Waals surface area contributed by atoms with E-state index in [-0.39, 0.29) is 24.1 Å². The second-order valence-electron chi connectivity index (χ2n) is 3.91. The number of carbonyl (C=O) groups excluding carboxylic acids is 3. The fourth-order valence-electron chi connectivity index (χ4n) is 1.62. The zero-order valence-corrected chi connectivity index (χ0v) is 11.1. The van der Waals surface area contributed by atoms with E-state index in [2.05, 4.69) is 15.6 Å². The first-order chi connectivity index (χ1) is 9.10. The predicted octanol–water partition coefficient (Wildman–Crippen LogP) is 0.537. The zero-order chi connectivity index (χ0) is 13.8. The molecule has 7 nitrogen and oxygen atoms in total. The first-order valence-electron chi connectivity index (χ1n) is 5.83. The van der Waals surface area contributed by atoms with Crippen LogP contribution in [-0.2, 0) is 14.3 Å². The van der Waals surface area contributed by atoms with Crippen LogP contribution < -0.4 is 10.6 Å². The Morgan fingerprint density at radius 2 is 2.42 bits per heavy atom. The van der Waals surface area contributed by atoms with Gasteiger partial charge in [0.15, 0.2) is 10.8 Å². The summed E-state index contributed by atoms with van der Waals surface area (Å²) in [5, 5.41) is 7.17. The van der Waals surface area contributed by atoms with Gasteiger partial charge in [0.05, 0.1) is 6.61 Å². The first-order valence-corrected chi connectivity index (χ1v) is 6.71. The minimum Gasteiger partial charge on any atom is -0.461 e. The molecule has 2 N–H and O–H groups in total. The van der Waals surface area contributed by atoms with Crippen LogP contribution in [0.25, 0.3) is 0 Å². The Labute approximate surface area is 113 Å². The van der Waals surface area contributed by atoms with E-state index in [9.17, 15) is 14.4 Å². The molecule has 19 heavy (non-hydrogen) atoms.